The smallest absolute Gasteiger partial charge is 0.246 e. The molecule has 1 aromatic heterocycles. The van der Waals surface area contributed by atoms with Crippen LogP contribution in [-0.2, 0) is 20.9 Å². The van der Waals surface area contributed by atoms with Crippen molar-refractivity contribution in [1.29, 1.82) is 5.26 Å². The summed E-state index contributed by atoms with van der Waals surface area (Å²) in [5.41, 5.74) is 0.695. The first kappa shape index (κ1) is 25.9. The second-order valence-corrected chi connectivity index (χ2v) is 11.7. The molecule has 1 N–H and O–H groups in total. The Balaban J connectivity index is 1.38. The molecule has 1 atom stereocenters. The fourth-order valence-electron chi connectivity index (χ4n) is 5.77. The van der Waals surface area contributed by atoms with Crippen molar-refractivity contribution in [3.8, 4) is 6.07 Å². The first-order chi connectivity index (χ1) is 17.9. The number of likely N-dealkylation sites (tertiary alicyclic amines) is 1. The third-order valence-electron chi connectivity index (χ3n) is 7.83. The zero-order valence-corrected chi connectivity index (χ0v) is 22.6. The second-order valence-electron chi connectivity index (χ2n) is 11.7. The predicted octanol–water partition coefficient (Wildman–Crippen LogP) is 1.42. The summed E-state index contributed by atoms with van der Waals surface area (Å²) in [6.07, 6.45) is 0.790. The zero-order valence-electron chi connectivity index (χ0n) is 22.6. The zero-order chi connectivity index (χ0) is 27.4. The molecular formula is C27H34N8O3. The standard InChI is InChI=1S/C27H34N8O3/c1-17-24(37)32(5)27(25(38)29-17)9-11-33(12-10-27)21(36)15-34-14-18-7-6-8-19-22(18)23(31-20(13-28)30-19)35(34)16-26(2,3)4/h6-8,17H,9-12,14-16H2,1-5H3,(H,29,38). The van der Waals surface area contributed by atoms with Crippen LogP contribution >= 0.6 is 0 Å². The molecule has 3 aliphatic rings. The number of benzene rings is 1. The van der Waals surface area contributed by atoms with Crippen LogP contribution in [0.2, 0.25) is 0 Å². The van der Waals surface area contributed by atoms with E-state index in [0.29, 0.717) is 50.4 Å². The van der Waals surface area contributed by atoms with Crippen LogP contribution in [-0.4, -0.2) is 87.3 Å². The number of hydrogen-bond donors (Lipinski definition) is 1. The second kappa shape index (κ2) is 9.20. The van der Waals surface area contributed by atoms with Gasteiger partial charge in [-0.25, -0.2) is 9.99 Å². The highest BCUT2D eigenvalue weighted by atomic mass is 16.2. The van der Waals surface area contributed by atoms with Crippen molar-refractivity contribution in [2.45, 2.75) is 58.7 Å². The van der Waals surface area contributed by atoms with Crippen molar-refractivity contribution < 1.29 is 14.4 Å². The van der Waals surface area contributed by atoms with E-state index in [1.165, 1.54) is 0 Å². The van der Waals surface area contributed by atoms with Gasteiger partial charge in [-0.3, -0.25) is 19.4 Å². The van der Waals surface area contributed by atoms with Gasteiger partial charge in [-0.1, -0.05) is 32.9 Å². The Morgan fingerprint density at radius 1 is 1.21 bits per heavy atom. The normalized spacial score (nSPS) is 21.6. The fraction of sp³-hybridized carbons (Fsp3) is 0.556. The van der Waals surface area contributed by atoms with E-state index in [1.807, 2.05) is 28.2 Å². The summed E-state index contributed by atoms with van der Waals surface area (Å²) in [7, 11) is 1.68. The Bertz CT molecular complexity index is 1350. The predicted molar refractivity (Wildman–Crippen MR) is 140 cm³/mol. The summed E-state index contributed by atoms with van der Waals surface area (Å²) in [4.78, 5) is 51.4. The molecule has 0 saturated carbocycles. The number of piperidine rings is 1. The fourth-order valence-corrected chi connectivity index (χ4v) is 5.77. The molecule has 2 fully saturated rings. The van der Waals surface area contributed by atoms with Gasteiger partial charge in [0.15, 0.2) is 5.82 Å². The lowest BCUT2D eigenvalue weighted by atomic mass is 9.82. The lowest BCUT2D eigenvalue weighted by molar-refractivity contribution is -0.159. The van der Waals surface area contributed by atoms with Crippen LogP contribution in [0.25, 0.3) is 10.9 Å². The molecule has 4 heterocycles. The highest BCUT2D eigenvalue weighted by Gasteiger charge is 2.51. The Labute approximate surface area is 222 Å². The average Bonchev–Trinajstić information content (AvgIpc) is 2.88. The number of hydrogen-bond acceptors (Lipinski definition) is 8. The Hall–Kier alpha value is -3.78. The highest BCUT2D eigenvalue weighted by molar-refractivity contribution is 5.99. The van der Waals surface area contributed by atoms with Crippen LogP contribution in [0.3, 0.4) is 0 Å². The average molecular weight is 519 g/mol. The van der Waals surface area contributed by atoms with Crippen molar-refractivity contribution >= 4 is 34.4 Å². The van der Waals surface area contributed by atoms with Gasteiger partial charge >= 0.3 is 0 Å². The van der Waals surface area contributed by atoms with Crippen LogP contribution < -0.4 is 10.3 Å². The van der Waals surface area contributed by atoms with Crippen molar-refractivity contribution in [2.75, 3.05) is 38.2 Å². The minimum atomic E-state index is -0.914. The van der Waals surface area contributed by atoms with E-state index < -0.39 is 11.6 Å². The molecular weight excluding hydrogens is 484 g/mol. The number of nitriles is 1. The number of amides is 3. The van der Waals surface area contributed by atoms with Crippen LogP contribution in [0, 0.1) is 16.7 Å². The first-order valence-electron chi connectivity index (χ1n) is 13.0. The van der Waals surface area contributed by atoms with E-state index >= 15 is 0 Å². The number of piperazine rings is 1. The molecule has 1 aromatic carbocycles. The Kier molecular flexibility index (Phi) is 6.26. The topological polar surface area (TPSA) is 126 Å². The lowest BCUT2D eigenvalue weighted by Gasteiger charge is -2.50. The molecule has 3 aliphatic heterocycles. The number of nitrogens with one attached hydrogen (secondary N) is 1. The molecule has 1 unspecified atom stereocenters. The van der Waals surface area contributed by atoms with Crippen LogP contribution in [0.1, 0.15) is 51.9 Å². The van der Waals surface area contributed by atoms with Crippen LogP contribution in [0.5, 0.6) is 0 Å². The highest BCUT2D eigenvalue weighted by Crippen LogP contribution is 2.36. The van der Waals surface area contributed by atoms with Gasteiger partial charge in [0.25, 0.3) is 0 Å². The van der Waals surface area contributed by atoms with Gasteiger partial charge in [0.2, 0.25) is 23.5 Å². The molecule has 0 bridgehead atoms. The van der Waals surface area contributed by atoms with Gasteiger partial charge < -0.3 is 15.1 Å². The molecule has 2 aromatic rings. The van der Waals surface area contributed by atoms with Crippen LogP contribution in [0.15, 0.2) is 18.2 Å². The van der Waals surface area contributed by atoms with E-state index in [-0.39, 0.29) is 35.5 Å². The van der Waals surface area contributed by atoms with E-state index in [1.54, 1.807) is 23.8 Å². The van der Waals surface area contributed by atoms with Crippen molar-refractivity contribution in [3.63, 3.8) is 0 Å². The van der Waals surface area contributed by atoms with Gasteiger partial charge in [0.1, 0.15) is 17.6 Å². The summed E-state index contributed by atoms with van der Waals surface area (Å²) in [5.74, 6) is 0.424. The lowest BCUT2D eigenvalue weighted by Crippen LogP contribution is -2.71. The molecule has 38 heavy (non-hydrogen) atoms. The quantitative estimate of drug-likeness (QED) is 0.647. The van der Waals surface area contributed by atoms with Crippen LogP contribution in [0.4, 0.5) is 5.82 Å². The minimum absolute atomic E-state index is 0.0532. The first-order valence-corrected chi connectivity index (χ1v) is 13.0. The minimum Gasteiger partial charge on any atom is -0.343 e. The number of aromatic nitrogens is 2. The summed E-state index contributed by atoms with van der Waals surface area (Å²) in [6.45, 7) is 10.1. The van der Waals surface area contributed by atoms with Gasteiger partial charge in [0, 0.05) is 38.6 Å². The monoisotopic (exact) mass is 518 g/mol. The molecule has 5 rings (SSSR count). The number of rotatable bonds is 3. The van der Waals surface area contributed by atoms with E-state index in [9.17, 15) is 19.6 Å². The molecule has 0 aliphatic carbocycles. The molecule has 11 heteroatoms. The largest absolute Gasteiger partial charge is 0.343 e. The number of anilines is 1. The third-order valence-corrected chi connectivity index (χ3v) is 7.83. The number of carbonyl (C=O) groups is 3. The summed E-state index contributed by atoms with van der Waals surface area (Å²) >= 11 is 0. The SMILES string of the molecule is CC1NC(=O)C2(CCN(C(=O)CN3Cc4cccc5nc(C#N)nc(c45)N3CC(C)(C)C)CC2)N(C)C1=O. The van der Waals surface area contributed by atoms with Crippen molar-refractivity contribution in [1.82, 2.24) is 30.1 Å². The summed E-state index contributed by atoms with van der Waals surface area (Å²) in [6, 6.07) is 7.33. The van der Waals surface area contributed by atoms with Gasteiger partial charge in [-0.2, -0.15) is 10.2 Å². The van der Waals surface area contributed by atoms with E-state index in [2.05, 4.69) is 42.1 Å². The number of nitrogens with zero attached hydrogens (tertiary/aromatic N) is 7. The molecule has 200 valence electrons. The Morgan fingerprint density at radius 2 is 1.92 bits per heavy atom. The van der Waals surface area contributed by atoms with Crippen molar-refractivity contribution in [2.24, 2.45) is 5.41 Å². The Morgan fingerprint density at radius 3 is 2.58 bits per heavy atom. The van der Waals surface area contributed by atoms with Gasteiger partial charge in [-0.15, -0.1) is 0 Å². The number of hydrazine groups is 1. The number of carbonyl (C=O) groups excluding carboxylic acids is 3. The molecule has 11 nitrogen and oxygen atoms in total. The van der Waals surface area contributed by atoms with Gasteiger partial charge in [0.05, 0.1) is 12.1 Å². The maximum atomic E-state index is 13.6. The maximum absolute atomic E-state index is 13.6. The van der Waals surface area contributed by atoms with Gasteiger partial charge in [-0.05, 0) is 36.8 Å². The summed E-state index contributed by atoms with van der Waals surface area (Å²) in [5, 5.41) is 17.3. The van der Waals surface area contributed by atoms with E-state index in [0.717, 1.165) is 10.9 Å². The molecule has 3 amide bonds. The maximum Gasteiger partial charge on any atom is 0.246 e. The molecule has 2 saturated heterocycles. The molecule has 0 radical (unpaired) electrons. The summed E-state index contributed by atoms with van der Waals surface area (Å²) < 4.78 is 0. The van der Waals surface area contributed by atoms with E-state index in [4.69, 9.17) is 0 Å². The number of likely N-dealkylation sites (N-methyl/N-ethyl adjacent to an activating group) is 1. The third kappa shape index (κ3) is 4.32. The molecule has 1 spiro atoms. The van der Waals surface area contributed by atoms with Crippen molar-refractivity contribution in [3.05, 3.63) is 29.6 Å².